The maximum absolute atomic E-state index is 12.0. The van der Waals surface area contributed by atoms with Crippen LogP contribution in [0.1, 0.15) is 40.5 Å². The molecule has 1 heterocycles. The van der Waals surface area contributed by atoms with Crippen LogP contribution in [0, 0.1) is 11.8 Å². The summed E-state index contributed by atoms with van der Waals surface area (Å²) in [5.74, 6) is 2.06. The van der Waals surface area contributed by atoms with Crippen molar-refractivity contribution in [2.75, 3.05) is 12.3 Å². The highest BCUT2D eigenvalue weighted by Gasteiger charge is 2.41. The van der Waals surface area contributed by atoms with Gasteiger partial charge in [-0.1, -0.05) is 27.7 Å². The van der Waals surface area contributed by atoms with Crippen LogP contribution in [-0.2, 0) is 10.8 Å². The van der Waals surface area contributed by atoms with E-state index in [0.29, 0.717) is 11.8 Å². The third-order valence-electron chi connectivity index (χ3n) is 2.65. The second-order valence-electron chi connectivity index (χ2n) is 5.17. The van der Waals surface area contributed by atoms with Crippen LogP contribution < -0.4 is 5.32 Å². The maximum atomic E-state index is 12.0. The molecule has 1 atom stereocenters. The maximum Gasteiger partial charge on any atom is 0.0951 e. The predicted molar refractivity (Wildman–Crippen MR) is 62.7 cm³/mol. The van der Waals surface area contributed by atoms with Crippen molar-refractivity contribution in [3.05, 3.63) is 0 Å². The van der Waals surface area contributed by atoms with Gasteiger partial charge in [-0.15, -0.1) is 0 Å². The Hall–Kier alpha value is 0.110. The zero-order chi connectivity index (χ0) is 10.8. The first-order chi connectivity index (χ1) is 6.46. The fraction of sp³-hybridized carbons (Fsp3) is 1.00. The van der Waals surface area contributed by atoms with E-state index < -0.39 is 10.8 Å². The van der Waals surface area contributed by atoms with Gasteiger partial charge in [-0.3, -0.25) is 9.53 Å². The van der Waals surface area contributed by atoms with E-state index in [0.717, 1.165) is 25.1 Å². The molecule has 0 bridgehead atoms. The number of hydrogen-bond acceptors (Lipinski definition) is 2. The summed E-state index contributed by atoms with van der Waals surface area (Å²) in [5, 5.41) is 3.48. The Labute approximate surface area is 90.3 Å². The van der Waals surface area contributed by atoms with Gasteiger partial charge in [0.05, 0.1) is 4.87 Å². The second kappa shape index (κ2) is 4.75. The molecular formula is C11H23NOS. The van der Waals surface area contributed by atoms with Crippen LogP contribution in [-0.4, -0.2) is 21.4 Å². The summed E-state index contributed by atoms with van der Waals surface area (Å²) in [6.07, 6.45) is 2.08. The lowest BCUT2D eigenvalue weighted by molar-refractivity contribution is 0.336. The number of hydrogen-bond donors (Lipinski definition) is 1. The lowest BCUT2D eigenvalue weighted by Gasteiger charge is -2.31. The van der Waals surface area contributed by atoms with Gasteiger partial charge in [0.1, 0.15) is 0 Å². The molecule has 1 saturated heterocycles. The number of nitrogens with one attached hydrogen (secondary N) is 1. The lowest BCUT2D eigenvalue weighted by Crippen LogP contribution is -2.44. The SMILES string of the molecule is CC(C)CC1(CC(C)C)NCCS1=O. The Morgan fingerprint density at radius 2 is 1.71 bits per heavy atom. The third kappa shape index (κ3) is 2.80. The van der Waals surface area contributed by atoms with E-state index in [2.05, 4.69) is 33.0 Å². The standard InChI is InChI=1S/C11H23NOS/c1-9(2)7-11(8-10(3)4)12-5-6-14(11)13/h9-10,12H,5-8H2,1-4H3. The molecule has 0 saturated carbocycles. The normalized spacial score (nSPS) is 26.3. The molecule has 0 aliphatic carbocycles. The topological polar surface area (TPSA) is 29.1 Å². The van der Waals surface area contributed by atoms with Crippen LogP contribution in [0.3, 0.4) is 0 Å². The first-order valence-corrected chi connectivity index (χ1v) is 6.91. The molecule has 1 fully saturated rings. The molecule has 0 spiro atoms. The van der Waals surface area contributed by atoms with E-state index in [-0.39, 0.29) is 4.87 Å². The smallest absolute Gasteiger partial charge is 0.0951 e. The van der Waals surface area contributed by atoms with Crippen LogP contribution >= 0.6 is 0 Å². The van der Waals surface area contributed by atoms with E-state index in [9.17, 15) is 4.21 Å². The molecule has 1 rings (SSSR count). The van der Waals surface area contributed by atoms with Crippen molar-refractivity contribution >= 4 is 10.8 Å². The molecule has 84 valence electrons. The van der Waals surface area contributed by atoms with Crippen LogP contribution in [0.4, 0.5) is 0 Å². The van der Waals surface area contributed by atoms with Crippen molar-refractivity contribution < 1.29 is 4.21 Å². The van der Waals surface area contributed by atoms with E-state index in [1.54, 1.807) is 0 Å². The molecule has 1 N–H and O–H groups in total. The molecule has 0 aromatic carbocycles. The molecular weight excluding hydrogens is 194 g/mol. The second-order valence-corrected chi connectivity index (χ2v) is 7.05. The van der Waals surface area contributed by atoms with Crippen molar-refractivity contribution in [2.45, 2.75) is 45.4 Å². The fourth-order valence-electron chi connectivity index (χ4n) is 2.38. The molecule has 0 amide bonds. The van der Waals surface area contributed by atoms with Gasteiger partial charge in [-0.25, -0.2) is 0 Å². The Morgan fingerprint density at radius 3 is 2.00 bits per heavy atom. The van der Waals surface area contributed by atoms with Crippen molar-refractivity contribution in [3.63, 3.8) is 0 Å². The first-order valence-electron chi connectivity index (χ1n) is 5.60. The number of rotatable bonds is 4. The minimum absolute atomic E-state index is 0.0810. The molecule has 2 nitrogen and oxygen atoms in total. The highest BCUT2D eigenvalue weighted by atomic mass is 32.2. The zero-order valence-corrected chi connectivity index (χ0v) is 10.6. The van der Waals surface area contributed by atoms with Crippen molar-refractivity contribution in [2.24, 2.45) is 11.8 Å². The first kappa shape index (κ1) is 12.2. The minimum Gasteiger partial charge on any atom is -0.300 e. The summed E-state index contributed by atoms with van der Waals surface area (Å²) < 4.78 is 12.0. The molecule has 1 unspecified atom stereocenters. The highest BCUT2D eigenvalue weighted by molar-refractivity contribution is 7.86. The van der Waals surface area contributed by atoms with Gasteiger partial charge in [-0.2, -0.15) is 0 Å². The minimum atomic E-state index is -0.672. The largest absolute Gasteiger partial charge is 0.300 e. The summed E-state index contributed by atoms with van der Waals surface area (Å²) in [6, 6.07) is 0. The molecule has 3 heteroatoms. The summed E-state index contributed by atoms with van der Waals surface area (Å²) in [7, 11) is -0.672. The van der Waals surface area contributed by atoms with Crippen molar-refractivity contribution in [1.82, 2.24) is 5.32 Å². The third-order valence-corrected chi connectivity index (χ3v) is 4.57. The Morgan fingerprint density at radius 1 is 1.21 bits per heavy atom. The van der Waals surface area contributed by atoms with Gasteiger partial charge >= 0.3 is 0 Å². The summed E-state index contributed by atoms with van der Waals surface area (Å²) in [5.41, 5.74) is 0. The van der Waals surface area contributed by atoms with Crippen LogP contribution in [0.5, 0.6) is 0 Å². The predicted octanol–water partition coefficient (Wildman–Crippen LogP) is 2.13. The molecule has 14 heavy (non-hydrogen) atoms. The fourth-order valence-corrected chi connectivity index (χ4v) is 4.36. The van der Waals surface area contributed by atoms with Gasteiger partial charge in [0, 0.05) is 23.1 Å². The van der Waals surface area contributed by atoms with Crippen LogP contribution in [0.2, 0.25) is 0 Å². The van der Waals surface area contributed by atoms with Gasteiger partial charge in [0.15, 0.2) is 0 Å². The van der Waals surface area contributed by atoms with Gasteiger partial charge in [-0.05, 0) is 24.7 Å². The van der Waals surface area contributed by atoms with Gasteiger partial charge in [0.25, 0.3) is 0 Å². The summed E-state index contributed by atoms with van der Waals surface area (Å²) in [4.78, 5) is -0.0810. The molecule has 0 aromatic heterocycles. The molecule has 0 radical (unpaired) electrons. The Kier molecular flexibility index (Phi) is 4.14. The van der Waals surface area contributed by atoms with Crippen molar-refractivity contribution in [3.8, 4) is 0 Å². The highest BCUT2D eigenvalue weighted by Crippen LogP contribution is 2.31. The molecule has 1 aliphatic rings. The summed E-state index contributed by atoms with van der Waals surface area (Å²) >= 11 is 0. The monoisotopic (exact) mass is 217 g/mol. The van der Waals surface area contributed by atoms with Gasteiger partial charge in [0.2, 0.25) is 0 Å². The average molecular weight is 217 g/mol. The van der Waals surface area contributed by atoms with Gasteiger partial charge < -0.3 is 0 Å². The summed E-state index contributed by atoms with van der Waals surface area (Å²) in [6.45, 7) is 9.75. The van der Waals surface area contributed by atoms with Crippen LogP contribution in [0.15, 0.2) is 0 Å². The van der Waals surface area contributed by atoms with E-state index in [4.69, 9.17) is 0 Å². The van der Waals surface area contributed by atoms with E-state index in [1.165, 1.54) is 0 Å². The molecule has 1 aliphatic heterocycles. The van der Waals surface area contributed by atoms with E-state index in [1.807, 2.05) is 0 Å². The average Bonchev–Trinajstić information content (AvgIpc) is 2.29. The van der Waals surface area contributed by atoms with Crippen molar-refractivity contribution in [1.29, 1.82) is 0 Å². The van der Waals surface area contributed by atoms with Crippen LogP contribution in [0.25, 0.3) is 0 Å². The Bertz CT molecular complexity index is 203. The zero-order valence-electron chi connectivity index (χ0n) is 9.80. The molecule has 0 aromatic rings. The van der Waals surface area contributed by atoms with E-state index >= 15 is 0 Å². The Balaban J connectivity index is 2.73. The quantitative estimate of drug-likeness (QED) is 0.781. The lowest BCUT2D eigenvalue weighted by atomic mass is 9.95.